The first-order valence-electron chi connectivity index (χ1n) is 26.8. The van der Waals surface area contributed by atoms with Crippen LogP contribution in [0.15, 0.2) is 23.3 Å². The van der Waals surface area contributed by atoms with Crippen molar-refractivity contribution in [1.82, 2.24) is 0 Å². The van der Waals surface area contributed by atoms with Crippen molar-refractivity contribution in [3.63, 3.8) is 0 Å². The summed E-state index contributed by atoms with van der Waals surface area (Å²) in [5, 5.41) is 154. The average molecular weight is 1090 g/mol. The summed E-state index contributed by atoms with van der Waals surface area (Å²) >= 11 is 0. The Kier molecular flexibility index (Phi) is 16.9. The number of fused-ring (bicyclic) bond motifs is 7. The van der Waals surface area contributed by atoms with Crippen LogP contribution in [0, 0.1) is 50.2 Å². The summed E-state index contributed by atoms with van der Waals surface area (Å²) in [6.45, 7) is 12.9. The average Bonchev–Trinajstić information content (AvgIpc) is 3.41. The Labute approximate surface area is 442 Å². The standard InChI is InChI=1S/C53H84O23/c1-9-22(2)44(69)76-42-41(66)48(3,4)16-24-23-10-11-28-49(5)14-13-30(50(6,20-56)27(49)12-15-51(28,7)52(23,8)17-29(58)53(24,42)21-57)72-47-39(74-46-36(64)34(62)32(60)26(19-55)71-46)37(65)38(40(75-47)43(67)68)73-45-35(63)33(61)31(59)25(18-54)70-45/h9-10,24-42,45-47,54-66H,11-21H2,1-8H3,(H,67,68)/b22-9-/t24-,25+,26+,27-,28+,29+,30-,31+,32+,33-,34-,35+,36+,37-,38-,39+,40-,41-,42-,45-,46-,47+,49-,50+,51+,52+,53-/m0/s1. The Hall–Kier alpha value is -2.34. The van der Waals surface area contributed by atoms with Gasteiger partial charge in [-0.3, -0.25) is 0 Å². The Morgan fingerprint density at radius 1 is 0.684 bits per heavy atom. The number of esters is 1. The van der Waals surface area contributed by atoms with Gasteiger partial charge >= 0.3 is 11.9 Å². The SMILES string of the molecule is C/C=C(/C)C(=O)O[C@H]1[C@H](O)C(C)(C)C[C@H]2C3=CC[C@@H]4[C@@]5(C)CC[C@H](O[C@@H]6O[C@H](C(=O)O)[C@@H](O[C@@H]7O[C@H](CO)[C@@H](O)[C@H](O)[C@H]7O)[C@H](O)[C@H]6O[C@@H]6O[C@H](CO)[C@@H](O)[C@H](O)[C@H]6O)[C@](C)(CO)[C@H]5CC[C@@]4(C)[C@]3(C)C[C@@H](O)[C@]21CO. The van der Waals surface area contributed by atoms with Crippen molar-refractivity contribution in [2.45, 2.75) is 217 Å². The topological polar surface area (TPSA) is 382 Å². The highest BCUT2D eigenvalue weighted by molar-refractivity contribution is 5.87. The lowest BCUT2D eigenvalue weighted by atomic mass is 9.33. The van der Waals surface area contributed by atoms with Crippen LogP contribution in [0.25, 0.3) is 0 Å². The van der Waals surface area contributed by atoms with E-state index in [1.807, 2.05) is 20.8 Å². The Morgan fingerprint density at radius 2 is 1.26 bits per heavy atom. The monoisotopic (exact) mass is 1090 g/mol. The molecule has 0 aromatic heterocycles. The summed E-state index contributed by atoms with van der Waals surface area (Å²) in [6, 6.07) is 0. The lowest BCUT2D eigenvalue weighted by molar-refractivity contribution is -0.392. The first kappa shape index (κ1) is 59.8. The van der Waals surface area contributed by atoms with Crippen molar-refractivity contribution < 1.29 is 114 Å². The van der Waals surface area contributed by atoms with E-state index < -0.39 is 193 Å². The highest BCUT2D eigenvalue weighted by Gasteiger charge is 2.74. The molecule has 5 aliphatic carbocycles. The van der Waals surface area contributed by atoms with Crippen LogP contribution in [-0.2, 0) is 42.7 Å². The van der Waals surface area contributed by atoms with Gasteiger partial charge in [-0.15, -0.1) is 0 Å². The zero-order valence-corrected chi connectivity index (χ0v) is 44.6. The molecule has 0 unspecified atom stereocenters. The third-order valence-corrected chi connectivity index (χ3v) is 20.8. The molecular weight excluding hydrogens is 1000 g/mol. The molecule has 27 atom stereocenters. The van der Waals surface area contributed by atoms with Gasteiger partial charge in [0.15, 0.2) is 25.0 Å². The Balaban J connectivity index is 1.11. The van der Waals surface area contributed by atoms with E-state index in [-0.39, 0.29) is 24.7 Å². The molecule has 3 heterocycles. The van der Waals surface area contributed by atoms with E-state index in [1.165, 1.54) is 0 Å². The molecule has 0 amide bonds. The fourth-order valence-corrected chi connectivity index (χ4v) is 15.9. The van der Waals surface area contributed by atoms with Crippen molar-refractivity contribution in [2.75, 3.05) is 26.4 Å². The number of aliphatic carboxylic acids is 1. The molecule has 0 bridgehead atoms. The van der Waals surface area contributed by atoms with E-state index in [0.717, 1.165) is 5.57 Å². The summed E-state index contributed by atoms with van der Waals surface area (Å²) in [7, 11) is 0. The molecule has 8 rings (SSSR count). The number of rotatable bonds is 13. The molecule has 0 spiro atoms. The van der Waals surface area contributed by atoms with Crippen LogP contribution >= 0.6 is 0 Å². The number of aliphatic hydroxyl groups is 13. The second-order valence-electron chi connectivity index (χ2n) is 24.9. The van der Waals surface area contributed by atoms with Gasteiger partial charge in [-0.25, -0.2) is 9.59 Å². The van der Waals surface area contributed by atoms with Gasteiger partial charge < -0.3 is 105 Å². The zero-order chi connectivity index (χ0) is 56.2. The molecule has 0 aromatic rings. The molecule has 0 radical (unpaired) electrons. The van der Waals surface area contributed by atoms with Crippen LogP contribution in [0.2, 0.25) is 0 Å². The van der Waals surface area contributed by atoms with Crippen molar-refractivity contribution >= 4 is 11.9 Å². The van der Waals surface area contributed by atoms with E-state index in [2.05, 4.69) is 26.8 Å². The smallest absolute Gasteiger partial charge is 0.335 e. The van der Waals surface area contributed by atoms with E-state index >= 15 is 0 Å². The molecule has 76 heavy (non-hydrogen) atoms. The molecule has 14 N–H and O–H groups in total. The van der Waals surface area contributed by atoms with Crippen LogP contribution in [0.4, 0.5) is 0 Å². The number of aliphatic hydroxyl groups excluding tert-OH is 13. The second kappa shape index (κ2) is 21.5. The van der Waals surface area contributed by atoms with E-state index in [0.29, 0.717) is 37.7 Å². The molecule has 23 heteroatoms. The predicted octanol–water partition coefficient (Wildman–Crippen LogP) is -1.89. The molecular formula is C53H84O23. The molecule has 3 saturated heterocycles. The number of ether oxygens (including phenoxy) is 7. The van der Waals surface area contributed by atoms with E-state index in [9.17, 15) is 81.1 Å². The van der Waals surface area contributed by atoms with Crippen LogP contribution in [0.5, 0.6) is 0 Å². The van der Waals surface area contributed by atoms with Gasteiger partial charge in [0.2, 0.25) is 0 Å². The molecule has 3 aliphatic heterocycles. The van der Waals surface area contributed by atoms with E-state index in [1.54, 1.807) is 19.9 Å². The van der Waals surface area contributed by atoms with E-state index in [4.69, 9.17) is 33.2 Å². The largest absolute Gasteiger partial charge is 0.479 e. The lowest BCUT2D eigenvalue weighted by Crippen LogP contribution is -2.72. The fraction of sp³-hybridized carbons (Fsp3) is 0.887. The quantitative estimate of drug-likeness (QED) is 0.0415. The number of hydrogen-bond acceptors (Lipinski definition) is 22. The maximum atomic E-state index is 13.4. The van der Waals surface area contributed by atoms with Crippen molar-refractivity contribution in [2.24, 2.45) is 50.2 Å². The fourth-order valence-electron chi connectivity index (χ4n) is 15.9. The molecule has 0 aromatic carbocycles. The molecule has 4 saturated carbocycles. The Morgan fingerprint density at radius 3 is 1.79 bits per heavy atom. The number of carbonyl (C=O) groups excluding carboxylic acids is 1. The third-order valence-electron chi connectivity index (χ3n) is 20.8. The van der Waals surface area contributed by atoms with Gasteiger partial charge in [-0.05, 0) is 98.2 Å². The number of carboxylic acid groups (broad SMARTS) is 1. The first-order valence-corrected chi connectivity index (χ1v) is 26.8. The number of allylic oxidation sites excluding steroid dienone is 3. The Bertz CT molecular complexity index is 2170. The maximum Gasteiger partial charge on any atom is 0.335 e. The summed E-state index contributed by atoms with van der Waals surface area (Å²) in [5.74, 6) is -3.19. The molecule has 7 fully saturated rings. The summed E-state index contributed by atoms with van der Waals surface area (Å²) in [5.41, 5.74) is -3.64. The molecule has 434 valence electrons. The minimum atomic E-state index is -2.17. The molecule has 23 nitrogen and oxygen atoms in total. The number of hydrogen-bond donors (Lipinski definition) is 14. The summed E-state index contributed by atoms with van der Waals surface area (Å²) < 4.78 is 42.0. The van der Waals surface area contributed by atoms with Gasteiger partial charge in [-0.1, -0.05) is 59.3 Å². The molecule has 8 aliphatic rings. The highest BCUT2D eigenvalue weighted by Crippen LogP contribution is 2.76. The van der Waals surface area contributed by atoms with Crippen LogP contribution in [0.3, 0.4) is 0 Å². The summed E-state index contributed by atoms with van der Waals surface area (Å²) in [6.07, 6.45) is -26.4. The van der Waals surface area contributed by atoms with Crippen molar-refractivity contribution in [3.8, 4) is 0 Å². The van der Waals surface area contributed by atoms with Gasteiger partial charge in [-0.2, -0.15) is 0 Å². The van der Waals surface area contributed by atoms with Gasteiger partial charge in [0.1, 0.15) is 73.2 Å². The van der Waals surface area contributed by atoms with Crippen LogP contribution in [-0.4, -0.2) is 226 Å². The second-order valence-corrected chi connectivity index (χ2v) is 24.9. The first-order chi connectivity index (χ1) is 35.5. The predicted molar refractivity (Wildman–Crippen MR) is 259 cm³/mol. The van der Waals surface area contributed by atoms with Gasteiger partial charge in [0.05, 0.1) is 50.2 Å². The lowest BCUT2D eigenvalue weighted by Gasteiger charge is -2.72. The normalized spacial score (nSPS) is 52.3. The van der Waals surface area contributed by atoms with Gasteiger partial charge in [0.25, 0.3) is 0 Å². The van der Waals surface area contributed by atoms with Crippen molar-refractivity contribution in [3.05, 3.63) is 23.3 Å². The zero-order valence-electron chi connectivity index (χ0n) is 44.6. The van der Waals surface area contributed by atoms with Gasteiger partial charge in [0, 0.05) is 11.0 Å². The highest BCUT2D eigenvalue weighted by atomic mass is 16.8. The third kappa shape index (κ3) is 9.16. The minimum Gasteiger partial charge on any atom is -0.479 e. The number of carbonyl (C=O) groups is 2. The summed E-state index contributed by atoms with van der Waals surface area (Å²) in [4.78, 5) is 26.5. The van der Waals surface area contributed by atoms with Crippen molar-refractivity contribution in [1.29, 1.82) is 0 Å². The minimum absolute atomic E-state index is 0.0620. The maximum absolute atomic E-state index is 13.4. The van der Waals surface area contributed by atoms with Crippen LogP contribution < -0.4 is 0 Å². The number of carboxylic acids is 1. The van der Waals surface area contributed by atoms with Crippen LogP contribution in [0.1, 0.15) is 100 Å².